The number of likely N-dealkylation sites (N-methyl/N-ethyl adjacent to an activating group) is 1. The molecular formula is C18H31N3. The Labute approximate surface area is 130 Å². The molecule has 2 rings (SSSR count). The molecule has 3 heteroatoms. The molecule has 3 atom stereocenters. The molecule has 3 unspecified atom stereocenters. The Balaban J connectivity index is 2.10. The topological polar surface area (TPSA) is 32.5 Å². The molecule has 1 fully saturated rings. The Hall–Kier alpha value is -0.900. The van der Waals surface area contributed by atoms with E-state index in [9.17, 15) is 0 Å². The molecule has 1 saturated heterocycles. The average molecular weight is 289 g/mol. The molecule has 0 aliphatic carbocycles. The number of hydrogen-bond acceptors (Lipinski definition) is 3. The van der Waals surface area contributed by atoms with Crippen molar-refractivity contribution in [3.63, 3.8) is 0 Å². The predicted octanol–water partition coefficient (Wildman–Crippen LogP) is 2.64. The summed E-state index contributed by atoms with van der Waals surface area (Å²) in [7, 11) is 2.22. The number of rotatable bonds is 3. The second-order valence-corrected chi connectivity index (χ2v) is 7.00. The molecule has 1 aliphatic heterocycles. The number of piperazine rings is 1. The van der Waals surface area contributed by atoms with Crippen molar-refractivity contribution in [2.75, 3.05) is 26.7 Å². The Bertz CT molecular complexity index is 462. The fourth-order valence-corrected chi connectivity index (χ4v) is 3.81. The van der Waals surface area contributed by atoms with Gasteiger partial charge in [0.1, 0.15) is 0 Å². The lowest BCUT2D eigenvalue weighted by atomic mass is 9.94. The number of aryl methyl sites for hydroxylation is 3. The predicted molar refractivity (Wildman–Crippen MR) is 90.7 cm³/mol. The van der Waals surface area contributed by atoms with Crippen LogP contribution in [0.25, 0.3) is 0 Å². The lowest BCUT2D eigenvalue weighted by Gasteiger charge is -2.43. The normalized spacial score (nSPS) is 26.0. The largest absolute Gasteiger partial charge is 0.323 e. The number of nitrogens with two attached hydrogens (primary N) is 1. The summed E-state index contributed by atoms with van der Waals surface area (Å²) in [5.41, 5.74) is 11.9. The molecule has 1 aliphatic rings. The average Bonchev–Trinajstić information content (AvgIpc) is 2.34. The van der Waals surface area contributed by atoms with Crippen molar-refractivity contribution in [3.05, 3.63) is 34.4 Å². The maximum atomic E-state index is 6.55. The van der Waals surface area contributed by atoms with E-state index in [0.29, 0.717) is 12.1 Å². The van der Waals surface area contributed by atoms with Crippen LogP contribution in [-0.4, -0.2) is 48.6 Å². The van der Waals surface area contributed by atoms with E-state index in [2.05, 4.69) is 63.6 Å². The Kier molecular flexibility index (Phi) is 5.07. The van der Waals surface area contributed by atoms with Gasteiger partial charge >= 0.3 is 0 Å². The van der Waals surface area contributed by atoms with Crippen LogP contribution in [0.15, 0.2) is 12.1 Å². The van der Waals surface area contributed by atoms with E-state index in [1.807, 2.05) is 0 Å². The van der Waals surface area contributed by atoms with Crippen LogP contribution >= 0.6 is 0 Å². The first-order valence-corrected chi connectivity index (χ1v) is 8.07. The molecule has 118 valence electrons. The minimum absolute atomic E-state index is 0.105. The van der Waals surface area contributed by atoms with Crippen molar-refractivity contribution in [3.8, 4) is 0 Å². The molecule has 1 aromatic carbocycles. The first-order chi connectivity index (χ1) is 9.79. The SMILES string of the molecule is Cc1cc(C)c(C(N)CN2CC(C)N(C)C(C)C2)c(C)c1. The van der Waals surface area contributed by atoms with E-state index in [1.165, 1.54) is 22.3 Å². The van der Waals surface area contributed by atoms with Gasteiger partial charge in [0.15, 0.2) is 0 Å². The summed E-state index contributed by atoms with van der Waals surface area (Å²) in [6, 6.07) is 5.80. The molecule has 0 saturated carbocycles. The summed E-state index contributed by atoms with van der Waals surface area (Å²) in [6.45, 7) is 14.3. The Morgan fingerprint density at radius 2 is 1.57 bits per heavy atom. The van der Waals surface area contributed by atoms with E-state index in [4.69, 9.17) is 5.73 Å². The van der Waals surface area contributed by atoms with Gasteiger partial charge in [0.25, 0.3) is 0 Å². The highest BCUT2D eigenvalue weighted by atomic mass is 15.3. The number of nitrogens with zero attached hydrogens (tertiary/aromatic N) is 2. The molecule has 0 spiro atoms. The third-order valence-corrected chi connectivity index (χ3v) is 5.00. The summed E-state index contributed by atoms with van der Waals surface area (Å²) >= 11 is 0. The molecular weight excluding hydrogens is 258 g/mol. The Morgan fingerprint density at radius 3 is 2.05 bits per heavy atom. The van der Waals surface area contributed by atoms with Crippen LogP contribution in [0.5, 0.6) is 0 Å². The van der Waals surface area contributed by atoms with Crippen molar-refractivity contribution in [1.82, 2.24) is 9.80 Å². The van der Waals surface area contributed by atoms with Crippen molar-refractivity contribution in [2.24, 2.45) is 5.73 Å². The van der Waals surface area contributed by atoms with Gasteiger partial charge in [-0.3, -0.25) is 9.80 Å². The molecule has 21 heavy (non-hydrogen) atoms. The summed E-state index contributed by atoms with van der Waals surface area (Å²) in [4.78, 5) is 4.99. The van der Waals surface area contributed by atoms with E-state index in [1.54, 1.807) is 0 Å². The van der Waals surface area contributed by atoms with Gasteiger partial charge in [0.05, 0.1) is 0 Å². The van der Waals surface area contributed by atoms with Gasteiger partial charge in [-0.2, -0.15) is 0 Å². The zero-order chi connectivity index (χ0) is 15.7. The van der Waals surface area contributed by atoms with Crippen LogP contribution in [0.2, 0.25) is 0 Å². The summed E-state index contributed by atoms with van der Waals surface area (Å²) in [5.74, 6) is 0. The summed E-state index contributed by atoms with van der Waals surface area (Å²) in [5, 5.41) is 0. The summed E-state index contributed by atoms with van der Waals surface area (Å²) in [6.07, 6.45) is 0. The molecule has 1 aromatic rings. The lowest BCUT2D eigenvalue weighted by Crippen LogP contribution is -2.55. The van der Waals surface area contributed by atoms with Crippen LogP contribution in [0.1, 0.15) is 42.1 Å². The van der Waals surface area contributed by atoms with Crippen LogP contribution in [0.4, 0.5) is 0 Å². The summed E-state index contributed by atoms with van der Waals surface area (Å²) < 4.78 is 0. The number of benzene rings is 1. The van der Waals surface area contributed by atoms with Crippen molar-refractivity contribution < 1.29 is 0 Å². The van der Waals surface area contributed by atoms with E-state index in [-0.39, 0.29) is 6.04 Å². The Morgan fingerprint density at radius 1 is 1.10 bits per heavy atom. The fourth-order valence-electron chi connectivity index (χ4n) is 3.81. The monoisotopic (exact) mass is 289 g/mol. The minimum Gasteiger partial charge on any atom is -0.323 e. The fraction of sp³-hybridized carbons (Fsp3) is 0.667. The molecule has 0 amide bonds. The minimum atomic E-state index is 0.105. The quantitative estimate of drug-likeness (QED) is 0.928. The highest BCUT2D eigenvalue weighted by molar-refractivity contribution is 5.39. The molecule has 0 radical (unpaired) electrons. The molecule has 0 aromatic heterocycles. The standard InChI is InChI=1S/C18H31N3/c1-12-7-13(2)18(14(3)8-12)17(19)11-21-9-15(4)20(6)16(5)10-21/h7-8,15-17H,9-11,19H2,1-6H3. The third kappa shape index (κ3) is 3.65. The van der Waals surface area contributed by atoms with Gasteiger partial charge < -0.3 is 5.73 Å². The first-order valence-electron chi connectivity index (χ1n) is 8.07. The highest BCUT2D eigenvalue weighted by Crippen LogP contribution is 2.24. The van der Waals surface area contributed by atoms with E-state index >= 15 is 0 Å². The van der Waals surface area contributed by atoms with Gasteiger partial charge in [0.2, 0.25) is 0 Å². The maximum Gasteiger partial charge on any atom is 0.0429 e. The molecule has 2 N–H and O–H groups in total. The second-order valence-electron chi connectivity index (χ2n) is 7.00. The first kappa shape index (κ1) is 16.5. The number of hydrogen-bond donors (Lipinski definition) is 1. The van der Waals surface area contributed by atoms with Crippen molar-refractivity contribution in [2.45, 2.75) is 52.7 Å². The highest BCUT2D eigenvalue weighted by Gasteiger charge is 2.27. The second kappa shape index (κ2) is 6.47. The van der Waals surface area contributed by atoms with Crippen molar-refractivity contribution >= 4 is 0 Å². The van der Waals surface area contributed by atoms with Crippen LogP contribution in [-0.2, 0) is 0 Å². The van der Waals surface area contributed by atoms with Gasteiger partial charge in [-0.15, -0.1) is 0 Å². The van der Waals surface area contributed by atoms with Crippen LogP contribution in [0, 0.1) is 20.8 Å². The molecule has 0 bridgehead atoms. The van der Waals surface area contributed by atoms with Gasteiger partial charge in [0, 0.05) is 37.8 Å². The van der Waals surface area contributed by atoms with Crippen molar-refractivity contribution in [1.29, 1.82) is 0 Å². The lowest BCUT2D eigenvalue weighted by molar-refractivity contribution is 0.0566. The van der Waals surface area contributed by atoms with Gasteiger partial charge in [-0.1, -0.05) is 17.7 Å². The van der Waals surface area contributed by atoms with E-state index < -0.39 is 0 Å². The zero-order valence-corrected chi connectivity index (χ0v) is 14.5. The smallest absolute Gasteiger partial charge is 0.0429 e. The zero-order valence-electron chi connectivity index (χ0n) is 14.5. The maximum absolute atomic E-state index is 6.55. The van der Waals surface area contributed by atoms with Gasteiger partial charge in [-0.25, -0.2) is 0 Å². The van der Waals surface area contributed by atoms with Crippen LogP contribution in [0.3, 0.4) is 0 Å². The van der Waals surface area contributed by atoms with E-state index in [0.717, 1.165) is 19.6 Å². The third-order valence-electron chi connectivity index (χ3n) is 5.00. The van der Waals surface area contributed by atoms with Crippen LogP contribution < -0.4 is 5.73 Å². The molecule has 1 heterocycles. The molecule has 3 nitrogen and oxygen atoms in total. The van der Waals surface area contributed by atoms with Gasteiger partial charge in [-0.05, 0) is 58.4 Å².